The van der Waals surface area contributed by atoms with E-state index in [1.807, 2.05) is 0 Å². The van der Waals surface area contributed by atoms with Crippen molar-refractivity contribution in [3.63, 3.8) is 0 Å². The molecule has 0 spiro atoms. The number of likely N-dealkylation sites (tertiary alicyclic amines) is 1. The highest BCUT2D eigenvalue weighted by Gasteiger charge is 2.35. The van der Waals surface area contributed by atoms with Crippen molar-refractivity contribution >= 4 is 40.1 Å². The van der Waals surface area contributed by atoms with Crippen LogP contribution in [0, 0.1) is 0 Å². The number of benzene rings is 1. The molecule has 0 radical (unpaired) electrons. The van der Waals surface area contributed by atoms with E-state index in [9.17, 15) is 18.4 Å². The average Bonchev–Trinajstić information content (AvgIpc) is 3.44. The number of anilines is 1. The minimum atomic E-state index is -2.72. The number of halogens is 3. The number of rotatable bonds is 4. The second-order valence-electron chi connectivity index (χ2n) is 8.53. The molecule has 0 atom stereocenters. The van der Waals surface area contributed by atoms with Gasteiger partial charge in [0, 0.05) is 67.7 Å². The summed E-state index contributed by atoms with van der Waals surface area (Å²) >= 11 is 6.32. The van der Waals surface area contributed by atoms with Gasteiger partial charge in [0.2, 0.25) is 0 Å². The number of fused-ring (bicyclic) bond motifs is 1. The number of piperidine rings is 1. The summed E-state index contributed by atoms with van der Waals surface area (Å²) in [5.74, 6) is -3.35. The summed E-state index contributed by atoms with van der Waals surface area (Å²) in [4.78, 5) is 31.2. The zero-order valence-electron chi connectivity index (χ0n) is 18.7. The second-order valence-corrected chi connectivity index (χ2v) is 8.96. The fourth-order valence-electron chi connectivity index (χ4n) is 4.10. The molecule has 11 heteroatoms. The minimum Gasteiger partial charge on any atom is -0.338 e. The Morgan fingerprint density at radius 3 is 2.57 bits per heavy atom. The van der Waals surface area contributed by atoms with Gasteiger partial charge in [-0.25, -0.2) is 13.8 Å². The zero-order valence-corrected chi connectivity index (χ0v) is 19.5. The molecule has 1 saturated heterocycles. The number of nitrogens with zero attached hydrogens (tertiary/aromatic N) is 5. The maximum atomic E-state index is 13.4. The molecule has 1 fully saturated rings. The lowest BCUT2D eigenvalue weighted by Gasteiger charge is -2.31. The van der Waals surface area contributed by atoms with Crippen LogP contribution in [0.1, 0.15) is 33.6 Å². The van der Waals surface area contributed by atoms with Crippen LogP contribution in [-0.4, -0.2) is 55.1 Å². The summed E-state index contributed by atoms with van der Waals surface area (Å²) in [5, 5.41) is 7.94. The second kappa shape index (κ2) is 8.77. The average molecular weight is 499 g/mol. The highest BCUT2D eigenvalue weighted by molar-refractivity contribution is 6.31. The van der Waals surface area contributed by atoms with Crippen molar-refractivity contribution in [3.8, 4) is 5.69 Å². The smallest absolute Gasteiger partial charge is 0.258 e. The molecule has 1 aromatic carbocycles. The topological polar surface area (TPSA) is 85.0 Å². The van der Waals surface area contributed by atoms with E-state index in [0.29, 0.717) is 38.6 Å². The predicted molar refractivity (Wildman–Crippen MR) is 127 cm³/mol. The van der Waals surface area contributed by atoms with Crippen LogP contribution in [0.5, 0.6) is 0 Å². The monoisotopic (exact) mass is 498 g/mol. The van der Waals surface area contributed by atoms with Gasteiger partial charge in [0.25, 0.3) is 17.7 Å². The highest BCUT2D eigenvalue weighted by Crippen LogP contribution is 2.29. The molecular weight excluding hydrogens is 478 g/mol. The van der Waals surface area contributed by atoms with E-state index in [-0.39, 0.29) is 37.7 Å². The van der Waals surface area contributed by atoms with Gasteiger partial charge in [-0.05, 0) is 30.3 Å². The summed E-state index contributed by atoms with van der Waals surface area (Å²) in [6.45, 7) is 0.0296. The van der Waals surface area contributed by atoms with Crippen LogP contribution < -0.4 is 5.32 Å². The molecule has 0 unspecified atom stereocenters. The molecule has 5 rings (SSSR count). The Balaban J connectivity index is 1.39. The number of carbonyl (C=O) groups is 2. The Kier molecular flexibility index (Phi) is 5.76. The van der Waals surface area contributed by atoms with Crippen molar-refractivity contribution in [2.45, 2.75) is 18.8 Å². The van der Waals surface area contributed by atoms with Crippen molar-refractivity contribution in [2.75, 3.05) is 18.4 Å². The first-order chi connectivity index (χ1) is 16.7. The Morgan fingerprint density at radius 1 is 1.09 bits per heavy atom. The van der Waals surface area contributed by atoms with Crippen LogP contribution in [-0.2, 0) is 7.05 Å². The molecule has 180 valence electrons. The molecule has 35 heavy (non-hydrogen) atoms. The number of aromatic nitrogens is 4. The van der Waals surface area contributed by atoms with Crippen LogP contribution >= 0.6 is 11.6 Å². The van der Waals surface area contributed by atoms with E-state index in [1.54, 1.807) is 54.3 Å². The fourth-order valence-corrected chi connectivity index (χ4v) is 4.33. The molecule has 1 aliphatic heterocycles. The fraction of sp³-hybridized carbons (Fsp3) is 0.250. The molecule has 2 amide bonds. The predicted octanol–water partition coefficient (Wildman–Crippen LogP) is 4.54. The molecule has 0 aliphatic carbocycles. The van der Waals surface area contributed by atoms with Crippen molar-refractivity contribution in [3.05, 3.63) is 71.3 Å². The number of hydrogen-bond acceptors (Lipinski definition) is 4. The van der Waals surface area contributed by atoms with E-state index in [4.69, 9.17) is 11.6 Å². The minimum absolute atomic E-state index is 0.0148. The van der Waals surface area contributed by atoms with Gasteiger partial charge in [-0.2, -0.15) is 5.10 Å². The normalized spacial score (nSPS) is 15.4. The van der Waals surface area contributed by atoms with Crippen molar-refractivity contribution in [1.29, 1.82) is 0 Å². The Labute approximate surface area is 204 Å². The van der Waals surface area contributed by atoms with Gasteiger partial charge in [-0.15, -0.1) is 0 Å². The first kappa shape index (κ1) is 23.0. The van der Waals surface area contributed by atoms with Crippen LogP contribution in [0.4, 0.5) is 14.5 Å². The summed E-state index contributed by atoms with van der Waals surface area (Å²) < 4.78 is 30.2. The van der Waals surface area contributed by atoms with Gasteiger partial charge in [0.15, 0.2) is 0 Å². The van der Waals surface area contributed by atoms with Crippen LogP contribution in [0.3, 0.4) is 0 Å². The maximum Gasteiger partial charge on any atom is 0.258 e. The first-order valence-corrected chi connectivity index (χ1v) is 11.3. The Bertz CT molecular complexity index is 1440. The number of nitrogens with one attached hydrogen (secondary N) is 1. The third-order valence-electron chi connectivity index (χ3n) is 5.94. The SMILES string of the molecule is Cn1cc(C(=O)Nc2cc(Cl)cc(-n3ccc4cc(C(=O)N5CCC(F)(F)CC5)cnc43)c2)cn1. The van der Waals surface area contributed by atoms with E-state index >= 15 is 0 Å². The van der Waals surface area contributed by atoms with Crippen molar-refractivity contribution in [1.82, 2.24) is 24.2 Å². The lowest BCUT2D eigenvalue weighted by Crippen LogP contribution is -2.42. The quantitative estimate of drug-likeness (QED) is 0.448. The number of hydrogen-bond donors (Lipinski definition) is 1. The van der Waals surface area contributed by atoms with Gasteiger partial charge in [0.1, 0.15) is 5.65 Å². The lowest BCUT2D eigenvalue weighted by atomic mass is 10.1. The van der Waals surface area contributed by atoms with Gasteiger partial charge in [-0.1, -0.05) is 11.6 Å². The molecule has 3 aromatic heterocycles. The maximum absolute atomic E-state index is 13.4. The van der Waals surface area contributed by atoms with E-state index in [1.165, 1.54) is 22.0 Å². The Hall–Kier alpha value is -3.79. The molecule has 0 saturated carbocycles. The third-order valence-corrected chi connectivity index (χ3v) is 6.16. The molecule has 8 nitrogen and oxygen atoms in total. The summed E-state index contributed by atoms with van der Waals surface area (Å²) in [6.07, 6.45) is 5.64. The number of alkyl halides is 2. The third kappa shape index (κ3) is 4.74. The highest BCUT2D eigenvalue weighted by atomic mass is 35.5. The van der Waals surface area contributed by atoms with E-state index < -0.39 is 5.92 Å². The molecule has 0 bridgehead atoms. The molecule has 4 heterocycles. The summed E-state index contributed by atoms with van der Waals surface area (Å²) in [5.41, 5.74) is 2.50. The molecule has 1 N–H and O–H groups in total. The van der Waals surface area contributed by atoms with Crippen molar-refractivity contribution in [2.24, 2.45) is 7.05 Å². The summed E-state index contributed by atoms with van der Waals surface area (Å²) in [7, 11) is 1.72. The Morgan fingerprint density at radius 2 is 1.86 bits per heavy atom. The molecule has 4 aromatic rings. The number of carbonyl (C=O) groups excluding carboxylic acids is 2. The van der Waals surface area contributed by atoms with Crippen LogP contribution in [0.25, 0.3) is 16.7 Å². The van der Waals surface area contributed by atoms with Gasteiger partial charge in [0.05, 0.1) is 23.0 Å². The van der Waals surface area contributed by atoms with Crippen LogP contribution in [0.15, 0.2) is 55.1 Å². The zero-order chi connectivity index (χ0) is 24.7. The van der Waals surface area contributed by atoms with E-state index in [0.717, 1.165) is 0 Å². The standard InChI is InChI=1S/C24H21ClF2N6O2/c1-31-14-17(13-29-31)22(34)30-19-9-18(25)10-20(11-19)33-5-2-15-8-16(12-28-21(15)33)23(35)32-6-3-24(26,27)4-7-32/h2,5,8-14H,3-4,6-7H2,1H3,(H,30,34). The number of pyridine rings is 1. The first-order valence-electron chi connectivity index (χ1n) is 10.9. The summed E-state index contributed by atoms with van der Waals surface area (Å²) in [6, 6.07) is 8.63. The van der Waals surface area contributed by atoms with Crippen molar-refractivity contribution < 1.29 is 18.4 Å². The van der Waals surface area contributed by atoms with Gasteiger partial charge >= 0.3 is 0 Å². The van der Waals surface area contributed by atoms with Gasteiger partial charge < -0.3 is 14.8 Å². The lowest BCUT2D eigenvalue weighted by molar-refractivity contribution is -0.0494. The van der Waals surface area contributed by atoms with Gasteiger partial charge in [-0.3, -0.25) is 14.3 Å². The molecular formula is C24H21ClF2N6O2. The number of aryl methyl sites for hydroxylation is 1. The van der Waals surface area contributed by atoms with Crippen LogP contribution in [0.2, 0.25) is 5.02 Å². The molecule has 1 aliphatic rings. The number of amides is 2. The van der Waals surface area contributed by atoms with E-state index in [2.05, 4.69) is 15.4 Å². The largest absolute Gasteiger partial charge is 0.338 e.